The molecule has 2 nitrogen and oxygen atoms in total. The van der Waals surface area contributed by atoms with E-state index < -0.39 is 0 Å². The van der Waals surface area contributed by atoms with Crippen molar-refractivity contribution in [3.63, 3.8) is 0 Å². The minimum absolute atomic E-state index is 0.364. The number of hydrogen-bond donors (Lipinski definition) is 2. The van der Waals surface area contributed by atoms with E-state index in [2.05, 4.69) is 0 Å². The van der Waals surface area contributed by atoms with Crippen LogP contribution in [0.3, 0.4) is 0 Å². The molecule has 0 saturated heterocycles. The molecular weight excluding hydrogens is 171 g/mol. The van der Waals surface area contributed by atoms with E-state index >= 15 is 0 Å². The molecule has 0 saturated carbocycles. The molecule has 0 aliphatic carbocycles. The van der Waals surface area contributed by atoms with Crippen molar-refractivity contribution in [1.29, 1.82) is 0 Å². The first-order valence-corrected chi connectivity index (χ1v) is 6.29. The maximum absolute atomic E-state index is 5.14. The van der Waals surface area contributed by atoms with E-state index in [0.717, 1.165) is 9.12 Å². The van der Waals surface area contributed by atoms with E-state index in [1.54, 1.807) is 0 Å². The van der Waals surface area contributed by atoms with Crippen LogP contribution < -0.4 is 11.5 Å². The summed E-state index contributed by atoms with van der Waals surface area (Å²) in [5.41, 5.74) is 10.3. The summed E-state index contributed by atoms with van der Waals surface area (Å²) in [6.07, 6.45) is 0. The average Bonchev–Trinajstić information content (AvgIpc) is 1.41. The zero-order valence-corrected chi connectivity index (χ0v) is 6.44. The van der Waals surface area contributed by atoms with Gasteiger partial charge in [-0.1, -0.05) is 0 Å². The van der Waals surface area contributed by atoms with E-state index in [1.165, 1.54) is 0 Å². The van der Waals surface area contributed by atoms with Crippen LogP contribution in [0.2, 0.25) is 0 Å². The molecule has 0 aromatic heterocycles. The number of nitrogens with two attached hydrogens (primary N) is 2. The summed E-state index contributed by atoms with van der Waals surface area (Å²) in [4.78, 5) is 0. The topological polar surface area (TPSA) is 52.0 Å². The molecule has 4 N–H and O–H groups in total. The molecule has 0 rings (SSSR count). The Labute approximate surface area is 42.1 Å². The molecule has 0 amide bonds. The molecule has 0 aliphatic rings. The summed E-state index contributed by atoms with van der Waals surface area (Å²) in [7, 11) is 0. The molecule has 0 heterocycles. The Balaban J connectivity index is 2.19. The van der Waals surface area contributed by atoms with Gasteiger partial charge in [-0.25, -0.2) is 0 Å². The second-order valence-electron chi connectivity index (χ2n) is 0.760. The fraction of sp³-hybridized carbons (Fsp3) is 1.00. The quantitative estimate of drug-likeness (QED) is 0.495. The number of rotatable bonds is 2. The molecule has 0 fully saturated rings. The Morgan fingerprint density at radius 2 is 1.60 bits per heavy atom. The molecule has 0 spiro atoms. The van der Waals surface area contributed by atoms with Crippen molar-refractivity contribution < 1.29 is 0 Å². The average molecular weight is 180 g/mol. The fourth-order valence-corrected chi connectivity index (χ4v) is 0.645. The van der Waals surface area contributed by atoms with Crippen LogP contribution in [0.15, 0.2) is 0 Å². The summed E-state index contributed by atoms with van der Waals surface area (Å²) in [6, 6.07) is 0. The van der Waals surface area contributed by atoms with Crippen LogP contribution in [0.25, 0.3) is 0 Å². The van der Waals surface area contributed by atoms with Crippen molar-refractivity contribution in [3.8, 4) is 0 Å². The monoisotopic (exact) mass is 181 g/mol. The minimum atomic E-state index is -0.364. The molecule has 0 aliphatic heterocycles. The van der Waals surface area contributed by atoms with Crippen LogP contribution in [0, 0.1) is 0 Å². The van der Waals surface area contributed by atoms with Gasteiger partial charge in [0.25, 0.3) is 0 Å². The predicted molar refractivity (Wildman–Crippen MR) is 25.3 cm³/mol. The van der Waals surface area contributed by atoms with Crippen molar-refractivity contribution >= 4 is 21.1 Å². The van der Waals surface area contributed by atoms with Gasteiger partial charge < -0.3 is 0 Å². The maximum atomic E-state index is 5.14. The zero-order valence-electron chi connectivity index (χ0n) is 3.15. The van der Waals surface area contributed by atoms with E-state index in [9.17, 15) is 0 Å². The van der Waals surface area contributed by atoms with E-state index in [0.29, 0.717) is 0 Å². The van der Waals surface area contributed by atoms with Crippen LogP contribution in [-0.4, -0.2) is 30.3 Å². The van der Waals surface area contributed by atoms with Gasteiger partial charge >= 0.3 is 41.7 Å². The van der Waals surface area contributed by atoms with Crippen LogP contribution >= 0.6 is 0 Å². The third kappa shape index (κ3) is 4.72. The Morgan fingerprint density at radius 1 is 1.20 bits per heavy atom. The Kier molecular flexibility index (Phi) is 5.40. The van der Waals surface area contributed by atoms with Crippen LogP contribution in [0.5, 0.6) is 0 Å². The van der Waals surface area contributed by atoms with Gasteiger partial charge in [0.1, 0.15) is 0 Å². The third-order valence-corrected chi connectivity index (χ3v) is 2.24. The fourth-order valence-electron chi connectivity index (χ4n) is 0.0962. The van der Waals surface area contributed by atoms with Crippen LogP contribution in [-0.2, 0) is 0 Å². The molecule has 0 atom stereocenters. The predicted octanol–water partition coefficient (Wildman–Crippen LogP) is -1.74. The van der Waals surface area contributed by atoms with Crippen molar-refractivity contribution in [2.75, 3.05) is 9.12 Å². The Morgan fingerprint density at radius 3 is 1.60 bits per heavy atom. The van der Waals surface area contributed by atoms with E-state index in [4.69, 9.17) is 11.5 Å². The van der Waals surface area contributed by atoms with Gasteiger partial charge in [-0.15, -0.1) is 0 Å². The summed E-state index contributed by atoms with van der Waals surface area (Å²) in [6.45, 7) is 0. The van der Waals surface area contributed by atoms with Gasteiger partial charge in [-0.3, -0.25) is 0 Å². The normalized spacial score (nSPS) is 8.40. The van der Waals surface area contributed by atoms with E-state index in [-0.39, 0.29) is 21.1 Å². The molecule has 0 aromatic carbocycles. The molecule has 5 heavy (non-hydrogen) atoms. The molecule has 1 radical (unpaired) electrons. The van der Waals surface area contributed by atoms with Crippen LogP contribution in [0.4, 0.5) is 0 Å². The first kappa shape index (κ1) is 5.72. The summed E-state index contributed by atoms with van der Waals surface area (Å²) >= 11 is -0.364. The summed E-state index contributed by atoms with van der Waals surface area (Å²) < 4.78 is 1.82. The van der Waals surface area contributed by atoms with Crippen molar-refractivity contribution in [3.05, 3.63) is 0 Å². The molecule has 0 aromatic rings. The molecule has 3 heteroatoms. The molecule has 0 bridgehead atoms. The standard InChI is InChI=1S/2CH4N.Sn.H/c2*1-2;;/h2*1-2H2;;. The first-order valence-electron chi connectivity index (χ1n) is 1.63. The summed E-state index contributed by atoms with van der Waals surface area (Å²) in [5, 5.41) is 0. The molecular formula is C2H9N2Sn. The zero-order chi connectivity index (χ0) is 4.12. The molecule has 0 unspecified atom stereocenters. The first-order chi connectivity index (χ1) is 2.41. The molecule has 31 valence electrons. The van der Waals surface area contributed by atoms with Gasteiger partial charge in [0.05, 0.1) is 0 Å². The van der Waals surface area contributed by atoms with E-state index in [1.807, 2.05) is 0 Å². The number of hydrogen-bond acceptors (Lipinski definition) is 2. The Hall–Kier alpha value is 0.719. The SMILES string of the molecule is N[CH2][SnH][CH2]N. The van der Waals surface area contributed by atoms with Gasteiger partial charge in [0, 0.05) is 0 Å². The second kappa shape index (κ2) is 4.72. The van der Waals surface area contributed by atoms with Crippen molar-refractivity contribution in [2.24, 2.45) is 11.5 Å². The van der Waals surface area contributed by atoms with Crippen LogP contribution in [0.1, 0.15) is 0 Å². The van der Waals surface area contributed by atoms with Gasteiger partial charge in [0.15, 0.2) is 0 Å². The van der Waals surface area contributed by atoms with Crippen molar-refractivity contribution in [1.82, 2.24) is 0 Å². The van der Waals surface area contributed by atoms with Crippen molar-refractivity contribution in [2.45, 2.75) is 0 Å². The summed E-state index contributed by atoms with van der Waals surface area (Å²) in [5.74, 6) is 0. The third-order valence-electron chi connectivity index (χ3n) is 0.333. The Bertz CT molecular complexity index is 15.1. The van der Waals surface area contributed by atoms with Gasteiger partial charge in [-0.05, 0) is 0 Å². The van der Waals surface area contributed by atoms with Gasteiger partial charge in [0.2, 0.25) is 0 Å². The van der Waals surface area contributed by atoms with Gasteiger partial charge in [-0.2, -0.15) is 0 Å². The second-order valence-corrected chi connectivity index (χ2v) is 5.10.